The summed E-state index contributed by atoms with van der Waals surface area (Å²) in [6, 6.07) is 52.8. The van der Waals surface area contributed by atoms with E-state index in [2.05, 4.69) is 295 Å². The largest absolute Gasteiger partial charge is 0.363 e. The van der Waals surface area contributed by atoms with Gasteiger partial charge in [-0.2, -0.15) is 0 Å². The summed E-state index contributed by atoms with van der Waals surface area (Å²) in [5.74, 6) is 2.71. The first-order valence-electron chi connectivity index (χ1n) is 36.3. The van der Waals surface area contributed by atoms with Gasteiger partial charge in [-0.25, -0.2) is 54.8 Å². The van der Waals surface area contributed by atoms with Crippen molar-refractivity contribution >= 4 is 218 Å². The summed E-state index contributed by atoms with van der Waals surface area (Å²) < 4.78 is 6.43. The van der Waals surface area contributed by atoms with E-state index in [1.807, 2.05) is 100 Å². The minimum Gasteiger partial charge on any atom is -0.363 e. The Morgan fingerprint density at radius 3 is 0.923 bits per heavy atom. The summed E-state index contributed by atoms with van der Waals surface area (Å²) in [6.07, 6.45) is 21.7. The predicted molar refractivity (Wildman–Crippen MR) is 520 cm³/mol. The van der Waals surface area contributed by atoms with E-state index in [9.17, 15) is 0 Å². The number of fused-ring (bicyclic) bond motifs is 5. The van der Waals surface area contributed by atoms with Gasteiger partial charge in [0.25, 0.3) is 0 Å². The van der Waals surface area contributed by atoms with Crippen molar-refractivity contribution in [2.45, 2.75) is 147 Å². The third kappa shape index (κ3) is 29.0. The molecule has 0 fully saturated rings. The molecule has 11 aromatic heterocycles. The number of aliphatic imine (C=N–C) groups is 1. The second-order valence-electron chi connectivity index (χ2n) is 25.2. The molecule has 0 aliphatic carbocycles. The normalized spacial score (nSPS) is 12.1. The fourth-order valence-electron chi connectivity index (χ4n) is 11.2. The zero-order chi connectivity index (χ0) is 80.0. The van der Waals surface area contributed by atoms with Gasteiger partial charge in [-0.05, 0) is 192 Å². The van der Waals surface area contributed by atoms with Gasteiger partial charge in [0, 0.05) is 71.0 Å². The molecular weight excluding hydrogens is 1860 g/mol. The third-order valence-corrected chi connectivity index (χ3v) is 24.3. The molecule has 0 saturated heterocycles. The molecule has 0 amide bonds. The average molecular weight is 1960 g/mol. The molecule has 5 atom stereocenters. The molecule has 117 heavy (non-hydrogen) atoms. The standard InChI is InChI=1S/C19H19N5S.2C15H14BrN3S.2C9H12BrN.2C6H3ClN2S.C5H7N.4CH4/c1-3-17(23-18-16-8-9-25-19(16)21-11-20-18)14-4-6-15(7-5-14)24-10-13(2)22-12-24;2*1-2-13(10-3-5-11(16)6-4-10)19-14-12-7-8-20-15(12)18-9-17-14;2*1-2-9(11)7-3-5-8(10)6-4-7;2*7-5-4-1-2-10-6(4)9-3-8-5;1-5-3-2-4-6-5;;;;/h4-12,17H,3H2,1-2H3,(H,20,21,23);2*3-9,13H,2H2,1H3,(H,17,18,19);2*3-6,9H,2,11H2,1H3;2*1-3H;3-4H,2H2,1H3;4*1H4. The van der Waals surface area contributed by atoms with Crippen LogP contribution < -0.4 is 27.4 Å². The number of benzene rings is 5. The van der Waals surface area contributed by atoms with Crippen LogP contribution in [0.5, 0.6) is 0 Å². The number of hydrogen-bond donors (Lipinski definition) is 5. The number of anilines is 3. The number of imidazole rings is 1. The maximum Gasteiger partial charge on any atom is 0.141 e. The highest BCUT2D eigenvalue weighted by Gasteiger charge is 2.17. The van der Waals surface area contributed by atoms with E-state index in [1.165, 1.54) is 40.5 Å². The zero-order valence-corrected chi connectivity index (χ0v) is 74.9. The van der Waals surface area contributed by atoms with Crippen LogP contribution in [0.4, 0.5) is 17.5 Å². The molecule has 614 valence electrons. The number of rotatable bonds is 17. The van der Waals surface area contributed by atoms with Crippen molar-refractivity contribution in [2.75, 3.05) is 16.0 Å². The molecule has 5 unspecified atom stereocenters. The summed E-state index contributed by atoms with van der Waals surface area (Å²) in [6.45, 7) is 14.7. The molecule has 16 aromatic rings. The van der Waals surface area contributed by atoms with Crippen LogP contribution in [0.2, 0.25) is 10.3 Å². The van der Waals surface area contributed by atoms with Gasteiger partial charge in [0.15, 0.2) is 0 Å². The summed E-state index contributed by atoms with van der Waals surface area (Å²) >= 11 is 33.2. The molecule has 12 heterocycles. The van der Waals surface area contributed by atoms with Gasteiger partial charge in [0.2, 0.25) is 0 Å². The highest BCUT2D eigenvalue weighted by molar-refractivity contribution is 9.11. The minimum absolute atomic E-state index is 0. The van der Waals surface area contributed by atoms with E-state index < -0.39 is 0 Å². The van der Waals surface area contributed by atoms with Crippen LogP contribution in [0, 0.1) is 6.92 Å². The van der Waals surface area contributed by atoms with E-state index in [1.54, 1.807) is 75.7 Å². The van der Waals surface area contributed by atoms with E-state index in [0.717, 1.165) is 142 Å². The number of aryl methyl sites for hydroxylation is 1. The van der Waals surface area contributed by atoms with Crippen LogP contribution in [0.1, 0.15) is 173 Å². The maximum atomic E-state index is 5.83. The number of nitrogens with two attached hydrogens (primary N) is 2. The monoisotopic (exact) mass is 1950 g/mol. The van der Waals surface area contributed by atoms with Crippen LogP contribution in [-0.2, 0) is 0 Å². The number of hydrogen-bond acceptors (Lipinski definition) is 22. The van der Waals surface area contributed by atoms with Crippen molar-refractivity contribution in [3.05, 3.63) is 296 Å². The van der Waals surface area contributed by atoms with Gasteiger partial charge < -0.3 is 32.0 Å². The fraction of sp³-hybridized carbons (Fsp3) is 0.250. The van der Waals surface area contributed by atoms with E-state index in [0.29, 0.717) is 10.3 Å². The average Bonchev–Trinajstić information content (AvgIpc) is 1.73. The number of allylic oxidation sites excluding steroid dienone is 2. The molecule has 17 rings (SSSR count). The van der Waals surface area contributed by atoms with Crippen LogP contribution in [-0.4, -0.2) is 65.6 Å². The Kier molecular flexibility index (Phi) is 42.2. The predicted octanol–water partition coefficient (Wildman–Crippen LogP) is 29.1. The van der Waals surface area contributed by atoms with E-state index in [-0.39, 0.29) is 59.9 Å². The van der Waals surface area contributed by atoms with Crippen molar-refractivity contribution in [3.8, 4) is 5.69 Å². The Labute approximate surface area is 751 Å². The number of aromatic nitrogens is 12. The molecule has 7 N–H and O–H groups in total. The van der Waals surface area contributed by atoms with Crippen LogP contribution in [0.25, 0.3) is 56.8 Å². The highest BCUT2D eigenvalue weighted by Crippen LogP contribution is 2.34. The van der Waals surface area contributed by atoms with E-state index in [4.69, 9.17) is 34.7 Å². The molecule has 0 radical (unpaired) electrons. The van der Waals surface area contributed by atoms with Gasteiger partial charge >= 0.3 is 0 Å². The molecule has 18 nitrogen and oxygen atoms in total. The first-order valence-corrected chi connectivity index (χ1v) is 44.6. The molecule has 1 aliphatic rings. The summed E-state index contributed by atoms with van der Waals surface area (Å²) in [5.41, 5.74) is 21.1. The lowest BCUT2D eigenvalue weighted by Gasteiger charge is -2.19. The third-order valence-electron chi connectivity index (χ3n) is 17.5. The number of nitrogens with one attached hydrogen (secondary N) is 3. The van der Waals surface area contributed by atoms with Crippen LogP contribution >= 0.6 is 144 Å². The first-order chi connectivity index (χ1) is 54.9. The maximum absolute atomic E-state index is 5.83. The molecule has 29 heteroatoms. The summed E-state index contributed by atoms with van der Waals surface area (Å²) in [5, 5.41) is 26.9. The summed E-state index contributed by atoms with van der Waals surface area (Å²) in [7, 11) is 0. The van der Waals surface area contributed by atoms with Gasteiger partial charge in [-0.15, -0.1) is 56.7 Å². The molecule has 0 saturated carbocycles. The Balaban J connectivity index is 0.000000214. The lowest BCUT2D eigenvalue weighted by atomic mass is 10.0. The van der Waals surface area contributed by atoms with Gasteiger partial charge in [-0.1, -0.05) is 218 Å². The highest BCUT2D eigenvalue weighted by atomic mass is 79.9. The fourth-order valence-corrected chi connectivity index (χ4v) is 16.4. The second-order valence-corrected chi connectivity index (χ2v) is 34.0. The van der Waals surface area contributed by atoms with Gasteiger partial charge in [0.05, 0.1) is 46.3 Å². The van der Waals surface area contributed by atoms with E-state index >= 15 is 0 Å². The van der Waals surface area contributed by atoms with Crippen molar-refractivity contribution in [1.29, 1.82) is 0 Å². The molecule has 0 bridgehead atoms. The van der Waals surface area contributed by atoms with Crippen molar-refractivity contribution in [3.63, 3.8) is 0 Å². The lowest BCUT2D eigenvalue weighted by Crippen LogP contribution is -2.11. The Hall–Kier alpha value is -8.26. The quantitative estimate of drug-likeness (QED) is 0.0532. The van der Waals surface area contributed by atoms with Gasteiger partial charge in [-0.3, -0.25) is 4.99 Å². The van der Waals surface area contributed by atoms with Crippen LogP contribution in [0.15, 0.2) is 257 Å². The Bertz CT molecular complexity index is 5360. The number of thiophene rings is 5. The minimum atomic E-state index is 0. The van der Waals surface area contributed by atoms with Crippen molar-refractivity contribution < 1.29 is 0 Å². The molecule has 0 spiro atoms. The lowest BCUT2D eigenvalue weighted by molar-refractivity contribution is 0.698. The summed E-state index contributed by atoms with van der Waals surface area (Å²) in [4.78, 5) is 55.0. The molecular formula is C88H100Br4Cl2N18S5. The topological polar surface area (TPSA) is 247 Å². The van der Waals surface area contributed by atoms with Gasteiger partial charge in [0.1, 0.15) is 83.5 Å². The van der Waals surface area contributed by atoms with Crippen molar-refractivity contribution in [2.24, 2.45) is 16.5 Å². The smallest absolute Gasteiger partial charge is 0.141 e. The molecule has 5 aromatic carbocycles. The number of halogens is 6. The second kappa shape index (κ2) is 50.6. The molecule has 1 aliphatic heterocycles. The Morgan fingerprint density at radius 1 is 0.376 bits per heavy atom. The van der Waals surface area contributed by atoms with Crippen LogP contribution in [0.3, 0.4) is 0 Å². The first kappa shape index (κ1) is 97.6. The van der Waals surface area contributed by atoms with Crippen molar-refractivity contribution in [1.82, 2.24) is 59.4 Å². The zero-order valence-electron chi connectivity index (χ0n) is 62.9. The Morgan fingerprint density at radius 2 is 0.667 bits per heavy atom. The number of nitrogens with zero attached hydrogens (tertiary/aromatic N) is 13. The SMILES string of the molecule is C.C.C.C.CC1=CCC=N1.CCC(N)c1ccc(Br)cc1.CCC(N)c1ccc(Br)cc1.CCC(Nc1ncnc2sccc12)c1ccc(-n2cnc(C)c2)cc1.CCC(Nc1ncnc2sccc12)c1ccc(Br)cc1.CCC(Nc1ncnc2sccc12)c1ccc(Br)cc1.Clc1ncnc2sccc12.Clc1ncnc2sccc12.